The fourth-order valence-corrected chi connectivity index (χ4v) is 9.65. The molecule has 0 amide bonds. The smallest absolute Gasteiger partial charge is 0.164 e. The summed E-state index contributed by atoms with van der Waals surface area (Å²) in [5.74, 6) is 2.81. The molecule has 0 bridgehead atoms. The molecule has 168 valence electrons. The predicted molar refractivity (Wildman–Crippen MR) is 120 cm³/mol. The maximum atomic E-state index is 12.4. The van der Waals surface area contributed by atoms with Crippen LogP contribution < -0.4 is 0 Å². The fraction of sp³-hybridized carbons (Fsp3) is 0.750. The first kappa shape index (κ1) is 20.4. The Kier molecular flexibility index (Phi) is 4.24. The summed E-state index contributed by atoms with van der Waals surface area (Å²) in [7, 11) is 0. The summed E-state index contributed by atoms with van der Waals surface area (Å²) >= 11 is 0. The summed E-state index contributed by atoms with van der Waals surface area (Å²) in [6.45, 7) is 7.05. The Labute approximate surface area is 187 Å². The Morgan fingerprint density at radius 1 is 1.03 bits per heavy atom. The van der Waals surface area contributed by atoms with Gasteiger partial charge in [-0.1, -0.05) is 44.2 Å². The van der Waals surface area contributed by atoms with E-state index in [0.29, 0.717) is 30.0 Å². The molecule has 1 saturated heterocycles. The number of ketones is 1. The van der Waals surface area contributed by atoms with E-state index in [-0.39, 0.29) is 22.5 Å². The molecule has 1 spiro atoms. The summed E-state index contributed by atoms with van der Waals surface area (Å²) in [6, 6.07) is 10.5. The SMILES string of the molecule is C[C@]12CC[C@H]3[C@@H](CC[C@@]45O[C@@H]4C(=O)CC[C@]35C)[C@@H]1CC[C@@H]2[C@@](C)(O)Cc1ccccc1. The summed E-state index contributed by atoms with van der Waals surface area (Å²) < 4.78 is 6.22. The number of aliphatic hydroxyl groups is 1. The molecule has 0 unspecified atom stereocenters. The van der Waals surface area contributed by atoms with Crippen molar-refractivity contribution in [2.75, 3.05) is 0 Å². The van der Waals surface area contributed by atoms with E-state index in [1.807, 2.05) is 0 Å². The van der Waals surface area contributed by atoms with E-state index in [4.69, 9.17) is 4.74 Å². The molecule has 0 aromatic heterocycles. The first-order valence-electron chi connectivity index (χ1n) is 12.7. The minimum Gasteiger partial charge on any atom is -0.390 e. The van der Waals surface area contributed by atoms with Crippen molar-refractivity contribution in [3.05, 3.63) is 35.9 Å². The highest BCUT2D eigenvalue weighted by atomic mass is 16.6. The van der Waals surface area contributed by atoms with Crippen LogP contribution in [0.4, 0.5) is 0 Å². The van der Waals surface area contributed by atoms with Crippen LogP contribution in [0.2, 0.25) is 0 Å². The van der Waals surface area contributed by atoms with Crippen molar-refractivity contribution in [3.63, 3.8) is 0 Å². The van der Waals surface area contributed by atoms with Crippen LogP contribution >= 0.6 is 0 Å². The topological polar surface area (TPSA) is 49.8 Å². The fourth-order valence-electron chi connectivity index (χ4n) is 9.65. The van der Waals surface area contributed by atoms with E-state index >= 15 is 0 Å². The van der Waals surface area contributed by atoms with Crippen LogP contribution in [-0.4, -0.2) is 28.2 Å². The molecular weight excluding hydrogens is 384 g/mol. The Morgan fingerprint density at radius 3 is 2.58 bits per heavy atom. The second-order valence-electron chi connectivity index (χ2n) is 12.4. The second kappa shape index (κ2) is 6.44. The normalized spacial score (nSPS) is 49.9. The van der Waals surface area contributed by atoms with E-state index in [2.05, 4.69) is 51.1 Å². The molecule has 6 rings (SSSR count). The minimum absolute atomic E-state index is 0.0940. The van der Waals surface area contributed by atoms with Crippen molar-refractivity contribution in [2.45, 2.75) is 95.9 Å². The Hall–Kier alpha value is -1.19. The zero-order valence-corrected chi connectivity index (χ0v) is 19.4. The lowest BCUT2D eigenvalue weighted by Gasteiger charge is -2.60. The van der Waals surface area contributed by atoms with Crippen molar-refractivity contribution < 1.29 is 14.6 Å². The van der Waals surface area contributed by atoms with Crippen LogP contribution in [0.25, 0.3) is 0 Å². The molecule has 1 heterocycles. The lowest BCUT2D eigenvalue weighted by Crippen LogP contribution is -2.59. The highest BCUT2D eigenvalue weighted by molar-refractivity contribution is 5.88. The van der Waals surface area contributed by atoms with E-state index in [1.165, 1.54) is 31.2 Å². The van der Waals surface area contributed by atoms with Crippen molar-refractivity contribution in [2.24, 2.45) is 34.5 Å². The number of ether oxygens (including phenoxy) is 1. The highest BCUT2D eigenvalue weighted by Gasteiger charge is 2.76. The lowest BCUT2D eigenvalue weighted by atomic mass is 9.44. The molecule has 9 atom stereocenters. The van der Waals surface area contributed by atoms with Gasteiger partial charge in [0.15, 0.2) is 5.78 Å². The third kappa shape index (κ3) is 2.63. The number of rotatable bonds is 3. The number of Topliss-reactive ketones (excluding diaryl/α,β-unsaturated/α-hetero) is 1. The molecule has 1 N–H and O–H groups in total. The Bertz CT molecular complexity index is 893. The molecule has 3 nitrogen and oxygen atoms in total. The standard InChI is InChI=1S/C28H38O3/c1-25-14-12-21-19(11-16-28-24(31-28)22(29)13-15-26(21,28)2)20(25)9-10-23(25)27(3,30)17-18-7-5-4-6-8-18/h4-8,19-21,23-24,30H,9-17H2,1-3H3/t19-,20-,21-,23-,24+,25-,26+,27-,28+/m0/s1. The third-order valence-electron chi connectivity index (χ3n) is 11.1. The number of carbonyl (C=O) groups is 1. The molecule has 4 aliphatic carbocycles. The number of benzene rings is 1. The highest BCUT2D eigenvalue weighted by Crippen LogP contribution is 2.73. The first-order valence-corrected chi connectivity index (χ1v) is 12.7. The number of hydrogen-bond donors (Lipinski definition) is 1. The molecule has 1 aromatic rings. The Balaban J connectivity index is 1.27. The monoisotopic (exact) mass is 422 g/mol. The van der Waals surface area contributed by atoms with Gasteiger partial charge in [0.25, 0.3) is 0 Å². The maximum absolute atomic E-state index is 12.4. The summed E-state index contributed by atoms with van der Waals surface area (Å²) in [5, 5.41) is 11.7. The molecule has 5 aliphatic rings. The van der Waals surface area contributed by atoms with Gasteiger partial charge < -0.3 is 9.84 Å². The average molecular weight is 423 g/mol. The summed E-state index contributed by atoms with van der Waals surface area (Å²) in [5.41, 5.74) is 0.826. The molecule has 5 fully saturated rings. The van der Waals surface area contributed by atoms with E-state index in [0.717, 1.165) is 31.6 Å². The number of epoxide rings is 1. The van der Waals surface area contributed by atoms with Gasteiger partial charge in [0.1, 0.15) is 11.7 Å². The first-order chi connectivity index (χ1) is 14.7. The molecule has 3 heteroatoms. The largest absolute Gasteiger partial charge is 0.390 e. The zero-order chi connectivity index (χ0) is 21.6. The minimum atomic E-state index is -0.667. The number of carbonyl (C=O) groups excluding carboxylic acids is 1. The zero-order valence-electron chi connectivity index (χ0n) is 19.4. The molecule has 0 radical (unpaired) electrons. The van der Waals surface area contributed by atoms with Crippen LogP contribution in [0.1, 0.15) is 77.7 Å². The van der Waals surface area contributed by atoms with Gasteiger partial charge >= 0.3 is 0 Å². The third-order valence-corrected chi connectivity index (χ3v) is 11.1. The van der Waals surface area contributed by atoms with Crippen LogP contribution in [0, 0.1) is 34.5 Å². The Morgan fingerprint density at radius 2 is 1.81 bits per heavy atom. The van der Waals surface area contributed by atoms with Gasteiger partial charge in [-0.2, -0.15) is 0 Å². The quantitative estimate of drug-likeness (QED) is 0.669. The maximum Gasteiger partial charge on any atom is 0.164 e. The molecular formula is C28H38O3. The summed E-state index contributed by atoms with van der Waals surface area (Å²) in [6.07, 6.45) is 9.48. The van der Waals surface area contributed by atoms with E-state index in [9.17, 15) is 9.90 Å². The van der Waals surface area contributed by atoms with Crippen molar-refractivity contribution in [1.29, 1.82) is 0 Å². The molecule has 4 saturated carbocycles. The van der Waals surface area contributed by atoms with Crippen molar-refractivity contribution >= 4 is 5.78 Å². The van der Waals surface area contributed by atoms with Gasteiger partial charge in [0.05, 0.1) is 5.60 Å². The van der Waals surface area contributed by atoms with Gasteiger partial charge in [-0.25, -0.2) is 0 Å². The van der Waals surface area contributed by atoms with E-state index in [1.54, 1.807) is 0 Å². The van der Waals surface area contributed by atoms with Gasteiger partial charge in [-0.15, -0.1) is 0 Å². The van der Waals surface area contributed by atoms with Crippen LogP contribution in [0.5, 0.6) is 0 Å². The van der Waals surface area contributed by atoms with Crippen molar-refractivity contribution in [1.82, 2.24) is 0 Å². The van der Waals surface area contributed by atoms with E-state index < -0.39 is 5.60 Å². The molecule has 1 aromatic carbocycles. The second-order valence-corrected chi connectivity index (χ2v) is 12.4. The molecule has 31 heavy (non-hydrogen) atoms. The summed E-state index contributed by atoms with van der Waals surface area (Å²) in [4.78, 5) is 12.4. The van der Waals surface area contributed by atoms with Crippen molar-refractivity contribution in [3.8, 4) is 0 Å². The van der Waals surface area contributed by atoms with Gasteiger partial charge in [-0.3, -0.25) is 4.79 Å². The van der Waals surface area contributed by atoms with Gasteiger partial charge in [-0.05, 0) is 86.5 Å². The average Bonchev–Trinajstić information content (AvgIpc) is 3.37. The predicted octanol–water partition coefficient (Wildman–Crippen LogP) is 5.34. The van der Waals surface area contributed by atoms with Crippen LogP contribution in [0.3, 0.4) is 0 Å². The lowest BCUT2D eigenvalue weighted by molar-refractivity contribution is -0.140. The molecule has 1 aliphatic heterocycles. The number of hydrogen-bond acceptors (Lipinski definition) is 3. The number of fused-ring (bicyclic) bond motifs is 4. The van der Waals surface area contributed by atoms with Gasteiger partial charge in [0.2, 0.25) is 0 Å². The van der Waals surface area contributed by atoms with Gasteiger partial charge in [0, 0.05) is 18.3 Å². The van der Waals surface area contributed by atoms with Crippen LogP contribution in [-0.2, 0) is 16.0 Å². The van der Waals surface area contributed by atoms with Crippen LogP contribution in [0.15, 0.2) is 30.3 Å².